The molecule has 0 heterocycles. The minimum Gasteiger partial charge on any atom is -0.398 e. The number of ether oxygens (including phenoxy) is 1. The molecule has 0 fully saturated rings. The molecule has 17 heavy (non-hydrogen) atoms. The minimum atomic E-state index is 0.628. The van der Waals surface area contributed by atoms with Gasteiger partial charge in [0.1, 0.15) is 6.29 Å². The molecule has 0 amide bonds. The molecule has 3 heteroatoms. The van der Waals surface area contributed by atoms with E-state index in [1.165, 1.54) is 0 Å². The molecule has 0 saturated heterocycles. The molecule has 0 aliphatic rings. The fraction of sp³-hybridized carbons (Fsp3) is 0.500. The average Bonchev–Trinajstić information content (AvgIpc) is 2.38. The number of anilines is 1. The summed E-state index contributed by atoms with van der Waals surface area (Å²) in [5.74, 6) is 0. The van der Waals surface area contributed by atoms with Gasteiger partial charge in [-0.3, -0.25) is 4.79 Å². The summed E-state index contributed by atoms with van der Waals surface area (Å²) >= 11 is 0. The van der Waals surface area contributed by atoms with Gasteiger partial charge >= 0.3 is 0 Å². The number of hydrogen-bond donors (Lipinski definition) is 1. The van der Waals surface area contributed by atoms with Gasteiger partial charge in [0, 0.05) is 25.5 Å². The first kappa shape index (κ1) is 21.0. The van der Waals surface area contributed by atoms with Crippen LogP contribution >= 0.6 is 0 Å². The molecule has 0 aromatic heterocycles. The van der Waals surface area contributed by atoms with Gasteiger partial charge in [0.25, 0.3) is 0 Å². The molecule has 0 aliphatic carbocycles. The Morgan fingerprint density at radius 3 is 1.82 bits per heavy atom. The summed E-state index contributed by atoms with van der Waals surface area (Å²) in [5, 5.41) is 0. The number of benzene rings is 1. The summed E-state index contributed by atoms with van der Waals surface area (Å²) in [6.07, 6.45) is 0.787. The lowest BCUT2D eigenvalue weighted by atomic mass is 10.1. The number of carbonyl (C=O) groups is 1. The summed E-state index contributed by atoms with van der Waals surface area (Å²) in [4.78, 5) is 10.2. The van der Waals surface area contributed by atoms with Crippen LogP contribution in [-0.4, -0.2) is 20.5 Å². The summed E-state index contributed by atoms with van der Waals surface area (Å²) in [6.45, 7) is 9.91. The van der Waals surface area contributed by atoms with Crippen LogP contribution in [0.25, 0.3) is 0 Å². The van der Waals surface area contributed by atoms with Crippen LogP contribution in [0.1, 0.15) is 43.6 Å². The SMILES string of the molecule is CC.CC.COC.Cc1ccc(C=O)cc1N. The number of aryl methyl sites for hydroxylation is 1. The van der Waals surface area contributed by atoms with Crippen LogP contribution in [0.3, 0.4) is 0 Å². The predicted octanol–water partition coefficient (Wildman–Crippen LogP) is 3.70. The Kier molecular flexibility index (Phi) is 21.1. The zero-order valence-electron chi connectivity index (χ0n) is 12.2. The highest BCUT2D eigenvalue weighted by Crippen LogP contribution is 2.10. The number of rotatable bonds is 1. The molecule has 0 saturated carbocycles. The Hall–Kier alpha value is -1.35. The summed E-state index contributed by atoms with van der Waals surface area (Å²) in [5.41, 5.74) is 7.84. The van der Waals surface area contributed by atoms with Crippen LogP contribution in [-0.2, 0) is 4.74 Å². The summed E-state index contributed by atoms with van der Waals surface area (Å²) in [6, 6.07) is 5.25. The van der Waals surface area contributed by atoms with Gasteiger partial charge in [-0.15, -0.1) is 0 Å². The highest BCUT2D eigenvalue weighted by atomic mass is 16.4. The van der Waals surface area contributed by atoms with Crippen molar-refractivity contribution in [3.05, 3.63) is 29.3 Å². The van der Waals surface area contributed by atoms with E-state index in [1.54, 1.807) is 26.4 Å². The zero-order valence-corrected chi connectivity index (χ0v) is 12.2. The summed E-state index contributed by atoms with van der Waals surface area (Å²) in [7, 11) is 3.25. The van der Waals surface area contributed by atoms with Crippen molar-refractivity contribution in [2.45, 2.75) is 34.6 Å². The van der Waals surface area contributed by atoms with Crippen molar-refractivity contribution in [1.29, 1.82) is 0 Å². The molecule has 0 radical (unpaired) electrons. The van der Waals surface area contributed by atoms with Crippen LogP contribution in [0.4, 0.5) is 5.69 Å². The standard InChI is InChI=1S/C8H9NO.C2H6O.2C2H6/c1-6-2-3-7(5-10)4-8(6)9;1-3-2;2*1-2/h2-5H,9H2,1H3;1-2H3;2*1-2H3. The van der Waals surface area contributed by atoms with Crippen molar-refractivity contribution in [3.8, 4) is 0 Å². The van der Waals surface area contributed by atoms with E-state index in [-0.39, 0.29) is 0 Å². The molecule has 0 bridgehead atoms. The Morgan fingerprint density at radius 1 is 1.12 bits per heavy atom. The maximum Gasteiger partial charge on any atom is 0.150 e. The zero-order chi connectivity index (χ0) is 14.3. The molecule has 0 aliphatic heterocycles. The number of methoxy groups -OCH3 is 1. The molecule has 0 spiro atoms. The molecule has 1 aromatic rings. The Morgan fingerprint density at radius 2 is 1.53 bits per heavy atom. The number of hydrogen-bond acceptors (Lipinski definition) is 3. The molecular weight excluding hydrogens is 214 g/mol. The third kappa shape index (κ3) is 12.6. The summed E-state index contributed by atoms with van der Waals surface area (Å²) < 4.78 is 4.25. The third-order valence-electron chi connectivity index (χ3n) is 1.44. The predicted molar refractivity (Wildman–Crippen MR) is 76.6 cm³/mol. The fourth-order valence-corrected chi connectivity index (χ4v) is 0.732. The monoisotopic (exact) mass is 241 g/mol. The van der Waals surface area contributed by atoms with Gasteiger partial charge in [0.15, 0.2) is 0 Å². The van der Waals surface area contributed by atoms with E-state index < -0.39 is 0 Å². The van der Waals surface area contributed by atoms with E-state index in [0.29, 0.717) is 11.3 Å². The lowest BCUT2D eigenvalue weighted by molar-refractivity contribution is 0.112. The third-order valence-corrected chi connectivity index (χ3v) is 1.44. The second-order valence-electron chi connectivity index (χ2n) is 2.64. The van der Waals surface area contributed by atoms with E-state index in [1.807, 2.05) is 40.7 Å². The van der Waals surface area contributed by atoms with Crippen molar-refractivity contribution in [1.82, 2.24) is 0 Å². The van der Waals surface area contributed by atoms with Crippen molar-refractivity contribution < 1.29 is 9.53 Å². The molecule has 2 N–H and O–H groups in total. The highest BCUT2D eigenvalue weighted by molar-refractivity contribution is 5.77. The van der Waals surface area contributed by atoms with Crippen LogP contribution in [0.2, 0.25) is 0 Å². The topological polar surface area (TPSA) is 52.3 Å². The second-order valence-corrected chi connectivity index (χ2v) is 2.64. The Bertz CT molecular complexity index is 273. The largest absolute Gasteiger partial charge is 0.398 e. The van der Waals surface area contributed by atoms with E-state index in [2.05, 4.69) is 4.74 Å². The van der Waals surface area contributed by atoms with Gasteiger partial charge in [-0.1, -0.05) is 39.8 Å². The molecule has 100 valence electrons. The van der Waals surface area contributed by atoms with E-state index in [0.717, 1.165) is 11.8 Å². The molecule has 0 atom stereocenters. The first-order valence-corrected chi connectivity index (χ1v) is 5.87. The molecule has 0 unspecified atom stereocenters. The van der Waals surface area contributed by atoms with E-state index >= 15 is 0 Å². The smallest absolute Gasteiger partial charge is 0.150 e. The number of nitrogens with two attached hydrogens (primary N) is 1. The van der Waals surface area contributed by atoms with Gasteiger partial charge in [-0.2, -0.15) is 0 Å². The average molecular weight is 241 g/mol. The maximum atomic E-state index is 10.2. The normalized spacial score (nSPS) is 7.24. The first-order chi connectivity index (χ1) is 8.15. The van der Waals surface area contributed by atoms with Crippen LogP contribution in [0.15, 0.2) is 18.2 Å². The first-order valence-electron chi connectivity index (χ1n) is 5.87. The fourth-order valence-electron chi connectivity index (χ4n) is 0.732. The highest BCUT2D eigenvalue weighted by Gasteiger charge is 1.93. The van der Waals surface area contributed by atoms with Gasteiger partial charge in [-0.25, -0.2) is 0 Å². The maximum absolute atomic E-state index is 10.2. The van der Waals surface area contributed by atoms with Gasteiger partial charge in [0.2, 0.25) is 0 Å². The lowest BCUT2D eigenvalue weighted by Gasteiger charge is -1.97. The van der Waals surface area contributed by atoms with E-state index in [9.17, 15) is 4.79 Å². The Balaban J connectivity index is -0.000000239. The van der Waals surface area contributed by atoms with Crippen LogP contribution in [0.5, 0.6) is 0 Å². The molecule has 1 rings (SSSR count). The van der Waals surface area contributed by atoms with Crippen molar-refractivity contribution in [2.24, 2.45) is 0 Å². The van der Waals surface area contributed by atoms with Crippen molar-refractivity contribution >= 4 is 12.0 Å². The molecule has 3 nitrogen and oxygen atoms in total. The lowest BCUT2D eigenvalue weighted by Crippen LogP contribution is -1.90. The number of nitrogen functional groups attached to an aromatic ring is 1. The van der Waals surface area contributed by atoms with E-state index in [4.69, 9.17) is 5.73 Å². The quantitative estimate of drug-likeness (QED) is 0.602. The molecular formula is C14H27NO2. The van der Waals surface area contributed by atoms with Gasteiger partial charge in [-0.05, 0) is 18.6 Å². The van der Waals surface area contributed by atoms with Crippen LogP contribution < -0.4 is 5.73 Å². The molecule has 1 aromatic carbocycles. The Labute approximate surface area is 106 Å². The van der Waals surface area contributed by atoms with Crippen molar-refractivity contribution in [3.63, 3.8) is 0 Å². The number of aldehydes is 1. The van der Waals surface area contributed by atoms with Gasteiger partial charge < -0.3 is 10.5 Å². The van der Waals surface area contributed by atoms with Crippen molar-refractivity contribution in [2.75, 3.05) is 20.0 Å². The second kappa shape index (κ2) is 17.1. The van der Waals surface area contributed by atoms with Crippen LogP contribution in [0, 0.1) is 6.92 Å². The minimum absolute atomic E-state index is 0.628. The van der Waals surface area contributed by atoms with Gasteiger partial charge in [0.05, 0.1) is 0 Å². The number of carbonyl (C=O) groups excluding carboxylic acids is 1.